The summed E-state index contributed by atoms with van der Waals surface area (Å²) in [6, 6.07) is 6.55. The molecule has 0 bridgehead atoms. The first-order valence-electron chi connectivity index (χ1n) is 7.19. The number of methoxy groups -OCH3 is 1. The number of hydrogen-bond acceptors (Lipinski definition) is 5. The molecule has 0 atom stereocenters. The molecule has 0 saturated heterocycles. The number of hydrogen-bond donors (Lipinski definition) is 3. The van der Waals surface area contributed by atoms with Gasteiger partial charge in [0, 0.05) is 11.3 Å². The van der Waals surface area contributed by atoms with Crippen molar-refractivity contribution in [2.24, 2.45) is 5.10 Å². The van der Waals surface area contributed by atoms with E-state index in [-0.39, 0.29) is 17.4 Å². The number of phenolic OH excluding ortho intramolecular Hbond substituents is 1. The molecule has 0 spiro atoms. The maximum absolute atomic E-state index is 12.0. The Morgan fingerprint density at radius 3 is 2.74 bits per heavy atom. The summed E-state index contributed by atoms with van der Waals surface area (Å²) in [5.41, 5.74) is 4.95. The van der Waals surface area contributed by atoms with Crippen LogP contribution >= 0.6 is 0 Å². The average molecular weight is 316 g/mol. The van der Waals surface area contributed by atoms with E-state index in [0.717, 1.165) is 11.3 Å². The van der Waals surface area contributed by atoms with Crippen molar-refractivity contribution in [3.8, 4) is 11.5 Å². The van der Waals surface area contributed by atoms with Crippen molar-refractivity contribution in [1.29, 1.82) is 0 Å². The molecule has 0 aliphatic heterocycles. The van der Waals surface area contributed by atoms with Gasteiger partial charge in [-0.3, -0.25) is 9.89 Å². The van der Waals surface area contributed by atoms with Gasteiger partial charge in [0.15, 0.2) is 17.2 Å². The second-order valence-corrected chi connectivity index (χ2v) is 5.39. The Labute approximate surface area is 134 Å². The predicted molar refractivity (Wildman–Crippen MR) is 87.0 cm³/mol. The third-order valence-corrected chi connectivity index (χ3v) is 3.37. The molecular weight excluding hydrogens is 296 g/mol. The lowest BCUT2D eigenvalue weighted by atomic mass is 10.1. The number of nitrogens with zero attached hydrogens (tertiary/aromatic N) is 2. The zero-order chi connectivity index (χ0) is 17.0. The summed E-state index contributed by atoms with van der Waals surface area (Å²) in [6.45, 7) is 5.77. The van der Waals surface area contributed by atoms with Crippen LogP contribution in [0.1, 0.15) is 48.4 Å². The highest BCUT2D eigenvalue weighted by Crippen LogP contribution is 2.26. The van der Waals surface area contributed by atoms with Crippen molar-refractivity contribution < 1.29 is 14.6 Å². The number of carbonyl (C=O) groups is 1. The Balaban J connectivity index is 2.10. The fourth-order valence-corrected chi connectivity index (χ4v) is 1.91. The molecular formula is C16H20N4O3. The lowest BCUT2D eigenvalue weighted by Gasteiger charge is -2.06. The maximum atomic E-state index is 12.0. The van der Waals surface area contributed by atoms with Crippen molar-refractivity contribution in [3.05, 3.63) is 41.2 Å². The fraction of sp³-hybridized carbons (Fsp3) is 0.312. The maximum Gasteiger partial charge on any atom is 0.291 e. The molecule has 0 aliphatic carbocycles. The van der Waals surface area contributed by atoms with E-state index in [1.807, 2.05) is 13.8 Å². The zero-order valence-electron chi connectivity index (χ0n) is 13.5. The highest BCUT2D eigenvalue weighted by atomic mass is 16.5. The molecule has 1 heterocycles. The molecule has 3 N–H and O–H groups in total. The number of rotatable bonds is 5. The molecule has 2 rings (SSSR count). The van der Waals surface area contributed by atoms with Gasteiger partial charge in [0.2, 0.25) is 0 Å². The average Bonchev–Trinajstić information content (AvgIpc) is 3.03. The third-order valence-electron chi connectivity index (χ3n) is 3.37. The summed E-state index contributed by atoms with van der Waals surface area (Å²) in [5.74, 6) is 0.264. The number of H-pyrrole nitrogens is 1. The SMILES string of the molecule is COc1cc(/C(C)=N/NC(=O)c2cc(C(C)C)[nH]n2)ccc1O. The van der Waals surface area contributed by atoms with Crippen molar-refractivity contribution in [3.63, 3.8) is 0 Å². The lowest BCUT2D eigenvalue weighted by molar-refractivity contribution is 0.0950. The summed E-state index contributed by atoms with van der Waals surface area (Å²) in [7, 11) is 1.47. The number of benzene rings is 1. The lowest BCUT2D eigenvalue weighted by Crippen LogP contribution is -2.19. The van der Waals surface area contributed by atoms with Gasteiger partial charge in [-0.2, -0.15) is 10.2 Å². The normalized spacial score (nSPS) is 11.6. The molecule has 7 nitrogen and oxygen atoms in total. The summed E-state index contributed by atoms with van der Waals surface area (Å²) >= 11 is 0. The molecule has 1 aromatic heterocycles. The number of phenols is 1. The van der Waals surface area contributed by atoms with Gasteiger partial charge in [-0.25, -0.2) is 5.43 Å². The predicted octanol–water partition coefficient (Wildman–Crippen LogP) is 2.40. The first kappa shape index (κ1) is 16.5. The van der Waals surface area contributed by atoms with Crippen LogP contribution in [0.15, 0.2) is 29.4 Å². The number of ether oxygens (including phenoxy) is 1. The molecule has 1 amide bonds. The van der Waals surface area contributed by atoms with Crippen LogP contribution in [0.3, 0.4) is 0 Å². The minimum Gasteiger partial charge on any atom is -0.504 e. The van der Waals surface area contributed by atoms with E-state index in [1.165, 1.54) is 13.2 Å². The first-order chi connectivity index (χ1) is 10.9. The third kappa shape index (κ3) is 3.88. The summed E-state index contributed by atoms with van der Waals surface area (Å²) in [5, 5.41) is 20.4. The second-order valence-electron chi connectivity index (χ2n) is 5.39. The van der Waals surface area contributed by atoms with Crippen LogP contribution in [0, 0.1) is 0 Å². The fourth-order valence-electron chi connectivity index (χ4n) is 1.91. The van der Waals surface area contributed by atoms with E-state index in [2.05, 4.69) is 20.7 Å². The van der Waals surface area contributed by atoms with Crippen molar-refractivity contribution in [2.45, 2.75) is 26.7 Å². The highest BCUT2D eigenvalue weighted by molar-refractivity contribution is 6.00. The number of aromatic nitrogens is 2. The van der Waals surface area contributed by atoms with Crippen LogP contribution in [-0.2, 0) is 0 Å². The Kier molecular flexibility index (Phi) is 5.00. The molecule has 0 aliphatic rings. The Hall–Kier alpha value is -2.83. The van der Waals surface area contributed by atoms with Crippen LogP contribution in [0.4, 0.5) is 0 Å². The van der Waals surface area contributed by atoms with Crippen LogP contribution in [0.5, 0.6) is 11.5 Å². The monoisotopic (exact) mass is 316 g/mol. The number of aromatic hydroxyl groups is 1. The minimum absolute atomic E-state index is 0.0471. The Morgan fingerprint density at radius 2 is 2.13 bits per heavy atom. The van der Waals surface area contributed by atoms with E-state index in [9.17, 15) is 9.90 Å². The first-order valence-corrected chi connectivity index (χ1v) is 7.19. The van der Waals surface area contributed by atoms with Crippen molar-refractivity contribution in [1.82, 2.24) is 15.6 Å². The number of hydrazone groups is 1. The van der Waals surface area contributed by atoms with E-state index in [1.54, 1.807) is 25.1 Å². The van der Waals surface area contributed by atoms with Gasteiger partial charge in [0.05, 0.1) is 12.8 Å². The number of carbonyl (C=O) groups excluding carboxylic acids is 1. The largest absolute Gasteiger partial charge is 0.504 e. The summed E-state index contributed by atoms with van der Waals surface area (Å²) < 4.78 is 5.05. The van der Waals surface area contributed by atoms with Gasteiger partial charge >= 0.3 is 0 Å². The zero-order valence-corrected chi connectivity index (χ0v) is 13.5. The molecule has 0 fully saturated rings. The molecule has 0 unspecified atom stereocenters. The molecule has 1 aromatic carbocycles. The summed E-state index contributed by atoms with van der Waals surface area (Å²) in [4.78, 5) is 12.0. The molecule has 0 radical (unpaired) electrons. The molecule has 7 heteroatoms. The number of nitrogens with one attached hydrogen (secondary N) is 2. The standard InChI is InChI=1S/C16H20N4O3/c1-9(2)12-8-13(19-18-12)16(22)20-17-10(3)11-5-6-14(21)15(7-11)23-4/h5-9,21H,1-4H3,(H,18,19)(H,20,22)/b17-10+. The minimum atomic E-state index is -0.391. The second kappa shape index (κ2) is 6.95. The molecule has 23 heavy (non-hydrogen) atoms. The molecule has 122 valence electrons. The van der Waals surface area contributed by atoms with Crippen LogP contribution < -0.4 is 10.2 Å². The van der Waals surface area contributed by atoms with Crippen LogP contribution in [0.2, 0.25) is 0 Å². The Morgan fingerprint density at radius 1 is 1.39 bits per heavy atom. The van der Waals surface area contributed by atoms with Gasteiger partial charge in [-0.05, 0) is 37.1 Å². The van der Waals surface area contributed by atoms with Gasteiger partial charge in [-0.15, -0.1) is 0 Å². The smallest absolute Gasteiger partial charge is 0.291 e. The molecule has 0 saturated carbocycles. The van der Waals surface area contributed by atoms with E-state index in [4.69, 9.17) is 4.74 Å². The van der Waals surface area contributed by atoms with Gasteiger partial charge in [-0.1, -0.05) is 13.8 Å². The van der Waals surface area contributed by atoms with E-state index < -0.39 is 5.91 Å². The quantitative estimate of drug-likeness (QED) is 0.582. The van der Waals surface area contributed by atoms with Crippen molar-refractivity contribution in [2.75, 3.05) is 7.11 Å². The molecule has 2 aromatic rings. The van der Waals surface area contributed by atoms with Gasteiger partial charge in [0.25, 0.3) is 5.91 Å². The Bertz CT molecular complexity index is 735. The van der Waals surface area contributed by atoms with Crippen LogP contribution in [-0.4, -0.2) is 34.0 Å². The van der Waals surface area contributed by atoms with Gasteiger partial charge < -0.3 is 9.84 Å². The van der Waals surface area contributed by atoms with E-state index in [0.29, 0.717) is 11.5 Å². The highest BCUT2D eigenvalue weighted by Gasteiger charge is 2.12. The van der Waals surface area contributed by atoms with E-state index >= 15 is 0 Å². The van der Waals surface area contributed by atoms with Crippen molar-refractivity contribution >= 4 is 11.6 Å². The summed E-state index contributed by atoms with van der Waals surface area (Å²) in [6.07, 6.45) is 0. The topological polar surface area (TPSA) is 99.6 Å². The number of aromatic amines is 1. The number of amides is 1. The van der Waals surface area contributed by atoms with Crippen LogP contribution in [0.25, 0.3) is 0 Å². The van der Waals surface area contributed by atoms with Gasteiger partial charge in [0.1, 0.15) is 0 Å².